The summed E-state index contributed by atoms with van der Waals surface area (Å²) in [5, 5.41) is 11.7. The van der Waals surface area contributed by atoms with E-state index < -0.39 is 6.85 Å². The van der Waals surface area contributed by atoms with Gasteiger partial charge >= 0.3 is 0 Å². The molecule has 15 rings (SSSR count). The number of furan rings is 3. The minimum Gasteiger partial charge on any atom is -0.449 e. The maximum absolute atomic E-state index is 7.66. The highest BCUT2D eigenvalue weighted by atomic mass is 16.3. The first-order valence-electron chi connectivity index (χ1n) is 27.2. The van der Waals surface area contributed by atoms with Crippen molar-refractivity contribution in [1.82, 2.24) is 0 Å². The lowest BCUT2D eigenvalue weighted by atomic mass is 10.0. The molecule has 6 aromatic heterocycles. The molecule has 0 spiro atoms. The Labute approximate surface area is 444 Å². The molecule has 9 aromatic carbocycles. The van der Waals surface area contributed by atoms with Crippen LogP contribution in [0.5, 0.6) is 0 Å². The molecule has 0 radical (unpaired) electrons. The normalized spacial score (nSPS) is 12.4. The van der Waals surface area contributed by atoms with Crippen LogP contribution in [0.4, 0.5) is 0 Å². The van der Waals surface area contributed by atoms with E-state index in [-0.39, 0.29) is 0 Å². The summed E-state index contributed by atoms with van der Waals surface area (Å²) in [6, 6.07) is 70.8. The molecule has 0 bridgehead atoms. The van der Waals surface area contributed by atoms with Crippen molar-refractivity contribution in [1.29, 1.82) is 0 Å². The zero-order chi connectivity index (χ0) is 54.3. The first kappa shape index (κ1) is 43.1. The minimum absolute atomic E-state index is 0.363. The average Bonchev–Trinajstić information content (AvgIpc) is 4.18. The van der Waals surface area contributed by atoms with Crippen LogP contribution in [-0.2, 0) is 21.1 Å². The molecule has 0 atom stereocenters. The first-order valence-corrected chi connectivity index (χ1v) is 25.7. The number of aryl methyl sites for hydroxylation is 7. The molecule has 366 valence electrons. The molecule has 0 fully saturated rings. The predicted octanol–water partition coefficient (Wildman–Crippen LogP) is 16.9. The summed E-state index contributed by atoms with van der Waals surface area (Å²) in [6.45, 7) is 4.16. The molecule has 0 aliphatic carbocycles. The Morgan fingerprint density at radius 1 is 0.355 bits per heavy atom. The van der Waals surface area contributed by atoms with E-state index in [1.54, 1.807) is 12.1 Å². The summed E-state index contributed by atoms with van der Waals surface area (Å²) in [5.74, 6) is 0. The van der Waals surface area contributed by atoms with E-state index in [0.717, 1.165) is 88.3 Å². The summed E-state index contributed by atoms with van der Waals surface area (Å²) in [4.78, 5) is 0. The SMILES string of the molecule is Cc1ccccc1-c1cc2c(c[n+]1C)oc1c3ccccc3ccc21.Cc1ccccc1-c1ccc2oc3cc4ccccc4cc3c2[n+]1C.[2H]C([2H])([2H])c1ccc(-c2ccc3oc4ccc5ccccc5c4c3[n+]2C)c(C)c1. The Kier molecular flexibility index (Phi) is 10.5. The Hall–Kier alpha value is -9.39. The molecule has 6 nitrogen and oxygen atoms in total. The fourth-order valence-electron chi connectivity index (χ4n) is 11.4. The monoisotopic (exact) mass is 989 g/mol. The topological polar surface area (TPSA) is 51.1 Å². The third-order valence-corrected chi connectivity index (χ3v) is 15.3. The van der Waals surface area contributed by atoms with Crippen molar-refractivity contribution in [2.45, 2.75) is 27.6 Å². The van der Waals surface area contributed by atoms with Crippen LogP contribution in [0.3, 0.4) is 0 Å². The van der Waals surface area contributed by atoms with Crippen LogP contribution < -0.4 is 13.7 Å². The van der Waals surface area contributed by atoms with E-state index in [2.05, 4.69) is 206 Å². The van der Waals surface area contributed by atoms with Gasteiger partial charge in [-0.1, -0.05) is 139 Å². The lowest BCUT2D eigenvalue weighted by molar-refractivity contribution is -0.659. The van der Waals surface area contributed by atoms with E-state index in [0.29, 0.717) is 5.56 Å². The molecule has 0 saturated heterocycles. The number of aromatic nitrogens is 3. The Morgan fingerprint density at radius 2 is 0.908 bits per heavy atom. The van der Waals surface area contributed by atoms with Gasteiger partial charge < -0.3 is 13.3 Å². The highest BCUT2D eigenvalue weighted by molar-refractivity contribution is 6.17. The average molecular weight is 990 g/mol. The minimum atomic E-state index is -2.10. The van der Waals surface area contributed by atoms with Crippen molar-refractivity contribution in [2.75, 3.05) is 0 Å². The lowest BCUT2D eigenvalue weighted by Crippen LogP contribution is -2.31. The predicted molar refractivity (Wildman–Crippen MR) is 312 cm³/mol. The van der Waals surface area contributed by atoms with Crippen LogP contribution >= 0.6 is 0 Å². The Morgan fingerprint density at radius 3 is 1.61 bits per heavy atom. The van der Waals surface area contributed by atoms with Crippen molar-refractivity contribution < 1.29 is 31.1 Å². The summed E-state index contributed by atoms with van der Waals surface area (Å²) in [5.41, 5.74) is 18.4. The second-order valence-corrected chi connectivity index (χ2v) is 20.0. The van der Waals surface area contributed by atoms with Gasteiger partial charge in [0.15, 0.2) is 16.7 Å². The van der Waals surface area contributed by atoms with Gasteiger partial charge in [0.05, 0.1) is 5.39 Å². The molecule has 6 heteroatoms. The quantitative estimate of drug-likeness (QED) is 0.166. The number of fused-ring (bicyclic) bond motifs is 14. The molecule has 0 saturated carbocycles. The van der Waals surface area contributed by atoms with Crippen LogP contribution in [0.15, 0.2) is 226 Å². The summed E-state index contributed by atoms with van der Waals surface area (Å²) in [6.07, 6.45) is 2.09. The van der Waals surface area contributed by atoms with E-state index in [4.69, 9.17) is 17.4 Å². The van der Waals surface area contributed by atoms with Gasteiger partial charge in [-0.15, -0.1) is 0 Å². The Balaban J connectivity index is 0.000000113. The van der Waals surface area contributed by atoms with Crippen LogP contribution in [0.1, 0.15) is 26.4 Å². The molecule has 0 amide bonds. The van der Waals surface area contributed by atoms with E-state index in [1.807, 2.05) is 50.4 Å². The van der Waals surface area contributed by atoms with Crippen molar-refractivity contribution in [2.24, 2.45) is 21.1 Å². The first-order chi connectivity index (χ1) is 38.3. The summed E-state index contributed by atoms with van der Waals surface area (Å²) in [7, 11) is 6.23. The molecule has 0 N–H and O–H groups in total. The highest BCUT2D eigenvalue weighted by Gasteiger charge is 2.25. The van der Waals surface area contributed by atoms with Gasteiger partial charge in [0.2, 0.25) is 23.3 Å². The number of benzene rings is 9. The fraction of sp³-hybridized carbons (Fsp3) is 0.100. The van der Waals surface area contributed by atoms with Crippen molar-refractivity contribution in [3.05, 3.63) is 235 Å². The third-order valence-electron chi connectivity index (χ3n) is 15.3. The number of rotatable bonds is 3. The zero-order valence-electron chi connectivity index (χ0n) is 46.3. The third kappa shape index (κ3) is 7.84. The second-order valence-electron chi connectivity index (χ2n) is 20.0. The van der Waals surface area contributed by atoms with Crippen LogP contribution in [0.2, 0.25) is 0 Å². The van der Waals surface area contributed by atoms with E-state index in [1.165, 1.54) is 60.6 Å². The molecule has 0 aliphatic rings. The van der Waals surface area contributed by atoms with Gasteiger partial charge in [0, 0.05) is 55.2 Å². The standard InChI is InChI=1S/C24H20NO.2C23H18NO/c1-15-8-10-18(16(2)14-15)20-11-13-22-24(25(20)3)23-19-7-5-4-6-17(19)9-12-21(23)26-22;1-15-7-3-6-10-18(15)20-11-12-21-23(24(20)2)19-13-16-8-4-5-9-17(16)14-22(19)25-21;1-15-7-3-5-9-17(15)21-13-20-19-12-11-16-8-4-6-10-18(16)23(19)25-22(20)14-24(21)2/h4-14H,1-3H3;2*3-14H,1-2H3/q3*+1/i1D3;;. The van der Waals surface area contributed by atoms with Gasteiger partial charge in [-0.05, 0) is 126 Å². The van der Waals surface area contributed by atoms with E-state index >= 15 is 0 Å². The van der Waals surface area contributed by atoms with Gasteiger partial charge in [-0.3, -0.25) is 0 Å². The van der Waals surface area contributed by atoms with Crippen molar-refractivity contribution >= 4 is 98.4 Å². The molecular formula is C70H56N3O3+3. The molecule has 0 unspecified atom stereocenters. The molecular weight excluding hydrogens is 931 g/mol. The molecule has 6 heterocycles. The Bertz CT molecular complexity index is 4880. The van der Waals surface area contributed by atoms with Crippen molar-refractivity contribution in [3.63, 3.8) is 0 Å². The van der Waals surface area contributed by atoms with Crippen LogP contribution in [0, 0.1) is 27.6 Å². The molecule has 76 heavy (non-hydrogen) atoms. The maximum atomic E-state index is 7.66. The smallest absolute Gasteiger partial charge is 0.260 e. The number of hydrogen-bond donors (Lipinski definition) is 0. The highest BCUT2D eigenvalue weighted by Crippen LogP contribution is 2.37. The number of hydrogen-bond acceptors (Lipinski definition) is 3. The largest absolute Gasteiger partial charge is 0.449 e. The maximum Gasteiger partial charge on any atom is 0.260 e. The fourth-order valence-corrected chi connectivity index (χ4v) is 11.4. The number of nitrogens with zero attached hydrogens (tertiary/aromatic N) is 3. The zero-order valence-corrected chi connectivity index (χ0v) is 43.3. The van der Waals surface area contributed by atoms with Gasteiger partial charge in [0.25, 0.3) is 11.0 Å². The summed E-state index contributed by atoms with van der Waals surface area (Å²) < 4.78 is 48.0. The molecule has 15 aromatic rings. The number of pyridine rings is 3. The molecule has 0 aliphatic heterocycles. The van der Waals surface area contributed by atoms with Gasteiger partial charge in [0.1, 0.15) is 43.3 Å². The van der Waals surface area contributed by atoms with Crippen LogP contribution in [-0.4, -0.2) is 0 Å². The summed E-state index contributed by atoms with van der Waals surface area (Å²) >= 11 is 0. The lowest BCUT2D eigenvalue weighted by Gasteiger charge is -2.06. The van der Waals surface area contributed by atoms with Gasteiger partial charge in [-0.25, -0.2) is 0 Å². The van der Waals surface area contributed by atoms with Crippen molar-refractivity contribution in [3.8, 4) is 33.8 Å². The second kappa shape index (κ2) is 18.5. The van der Waals surface area contributed by atoms with Crippen LogP contribution in [0.25, 0.3) is 132 Å². The van der Waals surface area contributed by atoms with Gasteiger partial charge in [-0.2, -0.15) is 13.7 Å². The van der Waals surface area contributed by atoms with E-state index in [9.17, 15) is 0 Å².